The molecule has 1 aromatic heterocycles. The van der Waals surface area contributed by atoms with Gasteiger partial charge in [0.1, 0.15) is 22.7 Å². The van der Waals surface area contributed by atoms with Crippen LogP contribution in [-0.4, -0.2) is 172 Å². The topological polar surface area (TPSA) is 257 Å². The summed E-state index contributed by atoms with van der Waals surface area (Å²) >= 11 is 8.86. The highest BCUT2D eigenvalue weighted by atomic mass is 35.5. The highest BCUT2D eigenvalue weighted by molar-refractivity contribution is 7.99. The van der Waals surface area contributed by atoms with Gasteiger partial charge in [0, 0.05) is 104 Å². The van der Waals surface area contributed by atoms with Crippen molar-refractivity contribution in [1.82, 2.24) is 35.0 Å². The van der Waals surface area contributed by atoms with Crippen molar-refractivity contribution in [3.63, 3.8) is 0 Å². The van der Waals surface area contributed by atoms with E-state index in [0.717, 1.165) is 66.5 Å². The minimum Gasteiger partial charge on any atom is -0.483 e. The molecular formula is C72H84ClF4N9O11S4. The average molecular weight is 1490 g/mol. The summed E-state index contributed by atoms with van der Waals surface area (Å²) in [6.07, 6.45) is 1.88. The van der Waals surface area contributed by atoms with Gasteiger partial charge in [0.2, 0.25) is 11.8 Å². The predicted octanol–water partition coefficient (Wildman–Crippen LogP) is 11.1. The Morgan fingerprint density at radius 2 is 1.56 bits per heavy atom. The molecule has 3 fully saturated rings. The number of carbonyl (C=O) groups excluding carboxylic acids is 5. The van der Waals surface area contributed by atoms with Gasteiger partial charge in [-0.05, 0) is 146 Å². The second kappa shape index (κ2) is 31.2. The molecule has 5 N–H and O–H groups in total. The zero-order valence-corrected chi connectivity index (χ0v) is 61.2. The monoisotopic (exact) mass is 1490 g/mol. The number of allylic oxidation sites excluding steroid dienone is 1. The highest BCUT2D eigenvalue weighted by Crippen LogP contribution is 2.44. The number of thiazole rings is 1. The molecule has 4 atom stereocenters. The normalized spacial score (nSPS) is 18.5. The van der Waals surface area contributed by atoms with E-state index < -0.39 is 112 Å². The number of sulfone groups is 1. The number of sulfonamides is 1. The van der Waals surface area contributed by atoms with Crippen molar-refractivity contribution in [2.24, 2.45) is 10.8 Å². The number of benzene rings is 5. The molecule has 6 aromatic rings. The second-order valence-electron chi connectivity index (χ2n) is 28.1. The van der Waals surface area contributed by atoms with Crippen LogP contribution in [0.4, 0.5) is 28.9 Å². The third-order valence-electron chi connectivity index (χ3n) is 18.8. The van der Waals surface area contributed by atoms with E-state index in [2.05, 4.69) is 56.7 Å². The predicted molar refractivity (Wildman–Crippen MR) is 382 cm³/mol. The summed E-state index contributed by atoms with van der Waals surface area (Å²) in [7, 11) is -9.84. The van der Waals surface area contributed by atoms with Crippen LogP contribution in [-0.2, 0) is 45.6 Å². The number of carbonyl (C=O) groups is 5. The Hall–Kier alpha value is -7.60. The number of nitrogens with one attached hydrogen (secondary N) is 4. The van der Waals surface area contributed by atoms with E-state index in [4.69, 9.17) is 16.3 Å². The molecule has 0 unspecified atom stereocenters. The number of anilines is 2. The van der Waals surface area contributed by atoms with Gasteiger partial charge in [0.25, 0.3) is 37.6 Å². The number of piperazine rings is 1. The van der Waals surface area contributed by atoms with Crippen LogP contribution in [0.25, 0.3) is 16.0 Å². The molecule has 10 rings (SSSR count). The number of amides is 5. The summed E-state index contributed by atoms with van der Waals surface area (Å²) in [6.45, 7) is 14.2. The lowest BCUT2D eigenvalue weighted by Gasteiger charge is -2.39. The van der Waals surface area contributed by atoms with Crippen molar-refractivity contribution in [3.05, 3.63) is 154 Å². The van der Waals surface area contributed by atoms with Gasteiger partial charge in [0.15, 0.2) is 12.3 Å². The van der Waals surface area contributed by atoms with E-state index in [1.165, 1.54) is 68.8 Å². The number of thioether (sulfide) groups is 1. The number of nitrogens with zero attached hydrogens (tertiary/aromatic N) is 5. The number of aliphatic hydroxyl groups is 1. The Bertz CT molecular complexity index is 4300. The molecule has 542 valence electrons. The summed E-state index contributed by atoms with van der Waals surface area (Å²) in [5.41, 5.74) is -1.18. The third-order valence-corrected chi connectivity index (χ3v) is 24.0. The Morgan fingerprint density at radius 1 is 0.881 bits per heavy atom. The average Bonchev–Trinajstić information content (AvgIpc) is 1.73. The number of alkyl halides is 4. The molecule has 2 aliphatic carbocycles. The lowest BCUT2D eigenvalue weighted by molar-refractivity contribution is -0.145. The molecular weight excluding hydrogens is 1410 g/mol. The first-order valence-electron chi connectivity index (χ1n) is 33.3. The standard InChI is InChI=1S/C72H84ClF4N9O11S4/c1-45-63(99-44-79-45)48-13-14-49(39-78-66(90)59-36-54(87)41-86(59)67(91)64(69(2,3)4)81-68(92)71(74)28-29-71)60(35-48)97-42-62(88)83(7)30-26-52(43-98-55-11-9-8-10-12-55)80-58-24-23-56(37-61(58)100(93,94)72(75,76)77)101(95,96)82-65(89)47-17-21-53(22-18-47)85-33-31-84(32-34-85)40-50-38-70(5,6)27-25-57(50)46-15-19-51(73)20-16-46/h8-24,35,37,44,52,54,59,64,80,87H,25-34,36,38-43H2,1-7H3,(H,78,90)(H,81,92)(H,82,89)/t52-,54-,59+,64-/m1/s1. The molecule has 3 heterocycles. The number of hydrogen-bond acceptors (Lipinski definition) is 17. The second-order valence-corrected chi connectivity index (χ2v) is 34.1. The van der Waals surface area contributed by atoms with Crippen molar-refractivity contribution in [1.29, 1.82) is 0 Å². The number of hydrogen-bond donors (Lipinski definition) is 5. The maximum Gasteiger partial charge on any atom is 0.501 e. The summed E-state index contributed by atoms with van der Waals surface area (Å²) in [5, 5.41) is 19.7. The first-order chi connectivity index (χ1) is 47.6. The van der Waals surface area contributed by atoms with Crippen molar-refractivity contribution >= 4 is 101 Å². The maximum absolute atomic E-state index is 14.8. The van der Waals surface area contributed by atoms with Crippen LogP contribution in [0, 0.1) is 17.8 Å². The Labute approximate surface area is 600 Å². The molecule has 0 bridgehead atoms. The number of aromatic nitrogens is 1. The van der Waals surface area contributed by atoms with Crippen molar-refractivity contribution in [2.45, 2.75) is 143 Å². The zero-order chi connectivity index (χ0) is 73.0. The van der Waals surface area contributed by atoms with Gasteiger partial charge in [0.05, 0.1) is 32.8 Å². The highest BCUT2D eigenvalue weighted by Gasteiger charge is 2.54. The van der Waals surface area contributed by atoms with Gasteiger partial charge < -0.3 is 40.5 Å². The van der Waals surface area contributed by atoms with Gasteiger partial charge in [-0.3, -0.25) is 28.9 Å². The van der Waals surface area contributed by atoms with Crippen molar-refractivity contribution in [2.75, 3.05) is 75.4 Å². The van der Waals surface area contributed by atoms with Crippen LogP contribution in [0.2, 0.25) is 5.02 Å². The maximum atomic E-state index is 14.8. The van der Waals surface area contributed by atoms with Crippen LogP contribution in [0.5, 0.6) is 5.75 Å². The first-order valence-corrected chi connectivity index (χ1v) is 38.5. The minimum absolute atomic E-state index is 0.00532. The first kappa shape index (κ1) is 76.0. The lowest BCUT2D eigenvalue weighted by atomic mass is 9.73. The molecule has 101 heavy (non-hydrogen) atoms. The minimum atomic E-state index is -6.28. The number of rotatable bonds is 26. The van der Waals surface area contributed by atoms with Crippen LogP contribution < -0.4 is 30.3 Å². The van der Waals surface area contributed by atoms with E-state index in [1.807, 2.05) is 23.8 Å². The summed E-state index contributed by atoms with van der Waals surface area (Å²) < 4.78 is 122. The Morgan fingerprint density at radius 3 is 2.21 bits per heavy atom. The zero-order valence-electron chi connectivity index (χ0n) is 57.2. The van der Waals surface area contributed by atoms with Gasteiger partial charge in [-0.2, -0.15) is 13.2 Å². The van der Waals surface area contributed by atoms with Gasteiger partial charge in [-0.25, -0.2) is 30.9 Å². The smallest absolute Gasteiger partial charge is 0.483 e. The lowest BCUT2D eigenvalue weighted by Crippen LogP contribution is -2.59. The number of aryl methyl sites for hydroxylation is 1. The fourth-order valence-electron chi connectivity index (χ4n) is 12.6. The van der Waals surface area contributed by atoms with Crippen LogP contribution >= 0.6 is 34.7 Å². The summed E-state index contributed by atoms with van der Waals surface area (Å²) in [4.78, 5) is 79.3. The number of aliphatic hydroxyl groups excluding tert-OH is 1. The molecule has 5 amide bonds. The molecule has 1 saturated carbocycles. The van der Waals surface area contributed by atoms with Gasteiger partial charge in [-0.1, -0.05) is 94.3 Å². The summed E-state index contributed by atoms with van der Waals surface area (Å²) in [6, 6.07) is 27.1. The quantitative estimate of drug-likeness (QED) is 0.0250. The number of halogens is 5. The molecule has 20 nitrogen and oxygen atoms in total. The molecule has 4 aliphatic rings. The molecule has 5 aromatic carbocycles. The van der Waals surface area contributed by atoms with E-state index in [-0.39, 0.29) is 67.8 Å². The molecule has 0 radical (unpaired) electrons. The van der Waals surface area contributed by atoms with Crippen LogP contribution in [0.15, 0.2) is 141 Å². The fourth-order valence-corrected chi connectivity index (χ4v) is 16.6. The van der Waals surface area contributed by atoms with E-state index in [9.17, 15) is 63.5 Å². The largest absolute Gasteiger partial charge is 0.501 e. The summed E-state index contributed by atoms with van der Waals surface area (Å²) in [5.74, 6) is -3.62. The third kappa shape index (κ3) is 18.8. The Kier molecular flexibility index (Phi) is 23.5. The van der Waals surface area contributed by atoms with E-state index in [1.54, 1.807) is 86.9 Å². The molecule has 0 spiro atoms. The number of likely N-dealkylation sites (tertiary alicyclic amines) is 1. The van der Waals surface area contributed by atoms with E-state index >= 15 is 0 Å². The number of β-amino-alcohol motifs (C(OH)–C–C–N with tert-alkyl or cyclic N) is 1. The molecule has 2 saturated heterocycles. The SMILES string of the molecule is Cc1ncsc1-c1ccc(CNC(=O)[C@@H]2C[C@@H](O)CN2C(=O)[C@@H](NC(=O)C2(F)CC2)C(C)(C)C)c(OCC(=O)N(C)CC[C@H](CSc2ccccc2)Nc2ccc(S(=O)(=O)NC(=O)c3ccc(N4CCN(CC5=C(c6ccc(Cl)cc6)CCC(C)(C)C5)CC4)cc3)cc2S(=O)(=O)C(F)(F)F)c1. The number of ether oxygens (including phenoxy) is 1. The Balaban J connectivity index is 0.796. The van der Waals surface area contributed by atoms with Crippen LogP contribution in [0.3, 0.4) is 0 Å². The number of likely N-dealkylation sites (N-methyl/N-ethyl adjacent to an activating group) is 1. The molecule has 2 aliphatic heterocycles. The van der Waals surface area contributed by atoms with E-state index in [0.29, 0.717) is 41.0 Å². The van der Waals surface area contributed by atoms with Gasteiger partial charge >= 0.3 is 5.51 Å². The van der Waals surface area contributed by atoms with Crippen LogP contribution in [0.1, 0.15) is 107 Å². The van der Waals surface area contributed by atoms with Crippen molar-refractivity contribution < 1.29 is 68.2 Å². The van der Waals surface area contributed by atoms with Gasteiger partial charge in [-0.15, -0.1) is 23.1 Å². The molecule has 29 heteroatoms. The fraction of sp³-hybridized carbons (Fsp3) is 0.444. The van der Waals surface area contributed by atoms with Crippen molar-refractivity contribution in [3.8, 4) is 16.2 Å².